The fraction of sp³-hybridized carbons (Fsp3) is 0.417. The van der Waals surface area contributed by atoms with Gasteiger partial charge in [-0.25, -0.2) is 0 Å². The Morgan fingerprint density at radius 3 is 2.67 bits per heavy atom. The SMILES string of the molecule is COc1c(C)cnc(C=C2CNC2)c1C. The van der Waals surface area contributed by atoms with Gasteiger partial charge in [0.2, 0.25) is 0 Å². The van der Waals surface area contributed by atoms with Gasteiger partial charge in [0.05, 0.1) is 12.8 Å². The first-order valence-electron chi connectivity index (χ1n) is 5.12. The van der Waals surface area contributed by atoms with Gasteiger partial charge in [-0.2, -0.15) is 0 Å². The third kappa shape index (κ3) is 1.88. The van der Waals surface area contributed by atoms with E-state index in [1.54, 1.807) is 7.11 Å². The molecule has 0 radical (unpaired) electrons. The highest BCUT2D eigenvalue weighted by atomic mass is 16.5. The van der Waals surface area contributed by atoms with Gasteiger partial charge in [0.15, 0.2) is 0 Å². The zero-order valence-corrected chi connectivity index (χ0v) is 9.42. The van der Waals surface area contributed by atoms with E-state index in [-0.39, 0.29) is 0 Å². The second-order valence-corrected chi connectivity index (χ2v) is 3.89. The molecule has 1 fully saturated rings. The molecule has 1 saturated heterocycles. The molecule has 80 valence electrons. The maximum Gasteiger partial charge on any atom is 0.128 e. The summed E-state index contributed by atoms with van der Waals surface area (Å²) in [6, 6.07) is 0. The van der Waals surface area contributed by atoms with Gasteiger partial charge in [-0.1, -0.05) is 0 Å². The second kappa shape index (κ2) is 4.03. The molecule has 0 unspecified atom stereocenters. The molecule has 3 heteroatoms. The van der Waals surface area contributed by atoms with Crippen LogP contribution in [0.25, 0.3) is 6.08 Å². The lowest BCUT2D eigenvalue weighted by Gasteiger charge is -2.19. The van der Waals surface area contributed by atoms with Crippen molar-refractivity contribution in [3.05, 3.63) is 28.6 Å². The zero-order valence-electron chi connectivity index (χ0n) is 9.42. The van der Waals surface area contributed by atoms with Gasteiger partial charge in [-0.3, -0.25) is 4.98 Å². The first-order chi connectivity index (χ1) is 7.22. The highest BCUT2D eigenvalue weighted by molar-refractivity contribution is 5.59. The van der Waals surface area contributed by atoms with Crippen LogP contribution in [0, 0.1) is 13.8 Å². The minimum Gasteiger partial charge on any atom is -0.496 e. The van der Waals surface area contributed by atoms with E-state index < -0.39 is 0 Å². The molecule has 2 heterocycles. The number of hydrogen-bond acceptors (Lipinski definition) is 3. The van der Waals surface area contributed by atoms with Crippen LogP contribution < -0.4 is 10.1 Å². The molecule has 2 rings (SSSR count). The molecule has 0 atom stereocenters. The van der Waals surface area contributed by atoms with Gasteiger partial charge in [-0.15, -0.1) is 0 Å². The Labute approximate surface area is 90.2 Å². The van der Waals surface area contributed by atoms with Crippen LogP contribution in [-0.2, 0) is 0 Å². The normalized spacial score (nSPS) is 14.7. The number of nitrogens with zero attached hydrogens (tertiary/aromatic N) is 1. The molecule has 15 heavy (non-hydrogen) atoms. The summed E-state index contributed by atoms with van der Waals surface area (Å²) in [4.78, 5) is 4.42. The summed E-state index contributed by atoms with van der Waals surface area (Å²) in [5.74, 6) is 0.948. The lowest BCUT2D eigenvalue weighted by molar-refractivity contribution is 0.407. The quantitative estimate of drug-likeness (QED) is 0.796. The number of aromatic nitrogens is 1. The number of ether oxygens (including phenoxy) is 1. The molecule has 1 aromatic rings. The van der Waals surface area contributed by atoms with Crippen LogP contribution >= 0.6 is 0 Å². The molecular weight excluding hydrogens is 188 g/mol. The Balaban J connectivity index is 2.40. The predicted octanol–water partition coefficient (Wildman–Crippen LogP) is 1.69. The molecule has 0 aromatic carbocycles. The van der Waals surface area contributed by atoms with Gasteiger partial charge in [0.25, 0.3) is 0 Å². The first-order valence-corrected chi connectivity index (χ1v) is 5.12. The van der Waals surface area contributed by atoms with E-state index in [9.17, 15) is 0 Å². The average molecular weight is 204 g/mol. The zero-order chi connectivity index (χ0) is 10.8. The second-order valence-electron chi connectivity index (χ2n) is 3.89. The number of hydrogen-bond donors (Lipinski definition) is 1. The van der Waals surface area contributed by atoms with E-state index in [4.69, 9.17) is 4.74 Å². The topological polar surface area (TPSA) is 34.1 Å². The lowest BCUT2D eigenvalue weighted by atomic mass is 10.1. The Morgan fingerprint density at radius 1 is 1.40 bits per heavy atom. The van der Waals surface area contributed by atoms with E-state index in [2.05, 4.69) is 23.3 Å². The predicted molar refractivity (Wildman–Crippen MR) is 61.1 cm³/mol. The molecule has 1 aromatic heterocycles. The molecule has 1 aliphatic rings. The number of nitrogens with one attached hydrogen (secondary N) is 1. The lowest BCUT2D eigenvalue weighted by Crippen LogP contribution is -2.33. The highest BCUT2D eigenvalue weighted by Crippen LogP contribution is 2.25. The summed E-state index contributed by atoms with van der Waals surface area (Å²) < 4.78 is 5.36. The Hall–Kier alpha value is -1.35. The molecular formula is C12H16N2O. The number of aryl methyl sites for hydroxylation is 1. The van der Waals surface area contributed by atoms with Crippen LogP contribution in [-0.4, -0.2) is 25.2 Å². The Morgan fingerprint density at radius 2 is 2.13 bits per heavy atom. The summed E-state index contributed by atoms with van der Waals surface area (Å²) >= 11 is 0. The molecule has 0 bridgehead atoms. The van der Waals surface area contributed by atoms with Gasteiger partial charge in [0.1, 0.15) is 5.75 Å². The fourth-order valence-corrected chi connectivity index (χ4v) is 1.76. The van der Waals surface area contributed by atoms with E-state index >= 15 is 0 Å². The van der Waals surface area contributed by atoms with Crippen LogP contribution in [0.2, 0.25) is 0 Å². The maximum atomic E-state index is 5.36. The average Bonchev–Trinajstić information content (AvgIpc) is 2.15. The third-order valence-corrected chi connectivity index (χ3v) is 2.73. The first kappa shape index (κ1) is 10.2. The van der Waals surface area contributed by atoms with Crippen molar-refractivity contribution in [3.8, 4) is 5.75 Å². The van der Waals surface area contributed by atoms with E-state index in [0.29, 0.717) is 0 Å². The van der Waals surface area contributed by atoms with Crippen LogP contribution in [0.15, 0.2) is 11.8 Å². The van der Waals surface area contributed by atoms with Crippen LogP contribution in [0.1, 0.15) is 16.8 Å². The Kier molecular flexibility index (Phi) is 2.73. The minimum absolute atomic E-state index is 0.948. The van der Waals surface area contributed by atoms with Crippen molar-refractivity contribution in [1.82, 2.24) is 10.3 Å². The van der Waals surface area contributed by atoms with Crippen molar-refractivity contribution in [2.24, 2.45) is 0 Å². The fourth-order valence-electron chi connectivity index (χ4n) is 1.76. The monoisotopic (exact) mass is 204 g/mol. The summed E-state index contributed by atoms with van der Waals surface area (Å²) in [5.41, 5.74) is 4.63. The number of rotatable bonds is 2. The Bertz CT molecular complexity index is 404. The van der Waals surface area contributed by atoms with Crippen molar-refractivity contribution in [2.75, 3.05) is 20.2 Å². The van der Waals surface area contributed by atoms with Crippen molar-refractivity contribution in [3.63, 3.8) is 0 Å². The maximum absolute atomic E-state index is 5.36. The van der Waals surface area contributed by atoms with Crippen molar-refractivity contribution in [1.29, 1.82) is 0 Å². The number of pyridine rings is 1. The van der Waals surface area contributed by atoms with E-state index in [1.807, 2.05) is 13.1 Å². The van der Waals surface area contributed by atoms with Crippen molar-refractivity contribution >= 4 is 6.08 Å². The van der Waals surface area contributed by atoms with Crippen LogP contribution in [0.3, 0.4) is 0 Å². The van der Waals surface area contributed by atoms with Crippen LogP contribution in [0.5, 0.6) is 5.75 Å². The summed E-state index contributed by atoms with van der Waals surface area (Å²) in [6.07, 6.45) is 4.01. The van der Waals surface area contributed by atoms with Gasteiger partial charge >= 0.3 is 0 Å². The smallest absolute Gasteiger partial charge is 0.128 e. The number of methoxy groups -OCH3 is 1. The van der Waals surface area contributed by atoms with Gasteiger partial charge in [0, 0.05) is 30.4 Å². The van der Waals surface area contributed by atoms with E-state index in [1.165, 1.54) is 5.57 Å². The molecule has 3 nitrogen and oxygen atoms in total. The molecule has 0 aliphatic carbocycles. The van der Waals surface area contributed by atoms with Gasteiger partial charge < -0.3 is 10.1 Å². The van der Waals surface area contributed by atoms with E-state index in [0.717, 1.165) is 35.7 Å². The molecule has 0 amide bonds. The molecule has 0 spiro atoms. The standard InChI is InChI=1S/C12H16N2O/c1-8-5-14-11(4-10-6-13-7-10)9(2)12(8)15-3/h4-5,13H,6-7H2,1-3H3. The molecule has 1 N–H and O–H groups in total. The van der Waals surface area contributed by atoms with Crippen molar-refractivity contribution < 1.29 is 4.74 Å². The highest BCUT2D eigenvalue weighted by Gasteiger charge is 2.11. The third-order valence-electron chi connectivity index (χ3n) is 2.73. The largest absolute Gasteiger partial charge is 0.496 e. The summed E-state index contributed by atoms with van der Waals surface area (Å²) in [7, 11) is 1.71. The van der Waals surface area contributed by atoms with Gasteiger partial charge in [-0.05, 0) is 25.5 Å². The van der Waals surface area contributed by atoms with Crippen molar-refractivity contribution in [2.45, 2.75) is 13.8 Å². The minimum atomic E-state index is 0.948. The van der Waals surface area contributed by atoms with Crippen LogP contribution in [0.4, 0.5) is 0 Å². The molecule has 1 aliphatic heterocycles. The summed E-state index contributed by atoms with van der Waals surface area (Å²) in [5, 5.41) is 3.21. The molecule has 0 saturated carbocycles. The summed E-state index contributed by atoms with van der Waals surface area (Å²) in [6.45, 7) is 6.03.